The summed E-state index contributed by atoms with van der Waals surface area (Å²) in [5, 5.41) is 9.85. The van der Waals surface area contributed by atoms with E-state index >= 15 is 0 Å². The number of hydrogen-bond donors (Lipinski definition) is 2. The molecule has 0 aliphatic carbocycles. The van der Waals surface area contributed by atoms with Crippen molar-refractivity contribution in [2.24, 2.45) is 0 Å². The predicted octanol–water partition coefficient (Wildman–Crippen LogP) is 2.37. The summed E-state index contributed by atoms with van der Waals surface area (Å²) in [6.07, 6.45) is 1.74. The molecule has 7 nitrogen and oxygen atoms in total. The van der Waals surface area contributed by atoms with Crippen LogP contribution in [-0.4, -0.2) is 47.0 Å². The first-order valence-corrected chi connectivity index (χ1v) is 8.95. The highest BCUT2D eigenvalue weighted by Crippen LogP contribution is 2.19. The zero-order valence-corrected chi connectivity index (χ0v) is 15.1. The molecule has 0 atom stereocenters. The highest BCUT2D eigenvalue weighted by Gasteiger charge is 2.12. The van der Waals surface area contributed by atoms with E-state index in [-0.39, 0.29) is 12.5 Å². The topological polar surface area (TPSA) is 75.2 Å². The Morgan fingerprint density at radius 3 is 2.72 bits per heavy atom. The second kappa shape index (κ2) is 8.26. The smallest absolute Gasteiger partial charge is 0.244 e. The Morgan fingerprint density at radius 1 is 1.32 bits per heavy atom. The van der Waals surface area contributed by atoms with Crippen LogP contribution in [0.2, 0.25) is 0 Å². The number of nitrogens with one attached hydrogen (secondary N) is 2. The minimum Gasteiger partial charge on any atom is -0.378 e. The number of ether oxygens (including phenoxy) is 1. The zero-order valence-electron chi connectivity index (χ0n) is 14.3. The average molecular weight is 361 g/mol. The third-order valence-electron chi connectivity index (χ3n) is 4.14. The van der Waals surface area contributed by atoms with Crippen LogP contribution in [0.1, 0.15) is 19.2 Å². The van der Waals surface area contributed by atoms with Gasteiger partial charge in [-0.05, 0) is 42.9 Å². The molecule has 8 heteroatoms. The van der Waals surface area contributed by atoms with Gasteiger partial charge in [-0.1, -0.05) is 6.92 Å². The Balaban J connectivity index is 1.61. The SMILES string of the molecule is CCCc1n[nH]c(=S)n1CC(=O)Nc1ccc(N2CCOCC2)cc1. The number of H-pyrrole nitrogens is 1. The summed E-state index contributed by atoms with van der Waals surface area (Å²) < 4.78 is 7.59. The minimum absolute atomic E-state index is 0.117. The summed E-state index contributed by atoms with van der Waals surface area (Å²) in [7, 11) is 0. The number of amides is 1. The Morgan fingerprint density at radius 2 is 2.04 bits per heavy atom. The van der Waals surface area contributed by atoms with Gasteiger partial charge in [-0.2, -0.15) is 5.10 Å². The molecule has 1 saturated heterocycles. The van der Waals surface area contributed by atoms with Crippen LogP contribution in [0.15, 0.2) is 24.3 Å². The summed E-state index contributed by atoms with van der Waals surface area (Å²) in [4.78, 5) is 14.6. The molecule has 25 heavy (non-hydrogen) atoms. The maximum absolute atomic E-state index is 12.3. The molecule has 1 aromatic heterocycles. The maximum Gasteiger partial charge on any atom is 0.244 e. The van der Waals surface area contributed by atoms with E-state index in [4.69, 9.17) is 17.0 Å². The highest BCUT2D eigenvalue weighted by molar-refractivity contribution is 7.71. The van der Waals surface area contributed by atoms with Gasteiger partial charge in [0.25, 0.3) is 0 Å². The van der Waals surface area contributed by atoms with Gasteiger partial charge < -0.3 is 15.0 Å². The summed E-state index contributed by atoms with van der Waals surface area (Å²) in [5.74, 6) is 0.694. The van der Waals surface area contributed by atoms with E-state index in [0.29, 0.717) is 4.77 Å². The van der Waals surface area contributed by atoms with Crippen molar-refractivity contribution in [3.05, 3.63) is 34.9 Å². The quantitative estimate of drug-likeness (QED) is 0.773. The Hall–Kier alpha value is -2.19. The zero-order chi connectivity index (χ0) is 17.6. The van der Waals surface area contributed by atoms with Gasteiger partial charge in [0, 0.05) is 30.9 Å². The molecule has 2 N–H and O–H groups in total. The molecule has 0 saturated carbocycles. The van der Waals surface area contributed by atoms with Crippen molar-refractivity contribution in [2.45, 2.75) is 26.3 Å². The number of morpholine rings is 1. The number of aromatic amines is 1. The Kier molecular flexibility index (Phi) is 5.83. The summed E-state index contributed by atoms with van der Waals surface area (Å²) in [5.41, 5.74) is 1.91. The van der Waals surface area contributed by atoms with Gasteiger partial charge >= 0.3 is 0 Å². The molecule has 1 aliphatic heterocycles. The largest absolute Gasteiger partial charge is 0.378 e. The first kappa shape index (κ1) is 17.6. The van der Waals surface area contributed by atoms with E-state index in [2.05, 4.69) is 27.3 Å². The molecular formula is C17H23N5O2S. The van der Waals surface area contributed by atoms with Gasteiger partial charge in [-0.25, -0.2) is 0 Å². The van der Waals surface area contributed by atoms with Crippen molar-refractivity contribution in [2.75, 3.05) is 36.5 Å². The first-order chi connectivity index (χ1) is 12.2. The second-order valence-corrected chi connectivity index (χ2v) is 6.36. The molecule has 0 unspecified atom stereocenters. The maximum atomic E-state index is 12.3. The van der Waals surface area contributed by atoms with E-state index in [0.717, 1.165) is 56.3 Å². The van der Waals surface area contributed by atoms with Crippen molar-refractivity contribution >= 4 is 29.5 Å². The molecule has 134 valence electrons. The normalized spacial score (nSPS) is 14.5. The summed E-state index contributed by atoms with van der Waals surface area (Å²) in [6.45, 7) is 5.52. The number of anilines is 2. The molecule has 0 bridgehead atoms. The second-order valence-electron chi connectivity index (χ2n) is 5.98. The van der Waals surface area contributed by atoms with Gasteiger partial charge in [0.1, 0.15) is 12.4 Å². The molecule has 3 rings (SSSR count). The lowest BCUT2D eigenvalue weighted by Crippen LogP contribution is -2.36. The van der Waals surface area contributed by atoms with Crippen LogP contribution in [0.3, 0.4) is 0 Å². The highest BCUT2D eigenvalue weighted by atomic mass is 32.1. The van der Waals surface area contributed by atoms with Crippen molar-refractivity contribution in [3.63, 3.8) is 0 Å². The molecule has 2 heterocycles. The third kappa shape index (κ3) is 4.46. The molecule has 0 spiro atoms. The monoisotopic (exact) mass is 361 g/mol. The van der Waals surface area contributed by atoms with Gasteiger partial charge in [-0.15, -0.1) is 0 Å². The third-order valence-corrected chi connectivity index (χ3v) is 4.45. The van der Waals surface area contributed by atoms with Crippen LogP contribution in [0.4, 0.5) is 11.4 Å². The fourth-order valence-corrected chi connectivity index (χ4v) is 3.06. The lowest BCUT2D eigenvalue weighted by Gasteiger charge is -2.28. The van der Waals surface area contributed by atoms with Gasteiger partial charge in [0.15, 0.2) is 4.77 Å². The minimum atomic E-state index is -0.117. The number of carbonyl (C=O) groups is 1. The first-order valence-electron chi connectivity index (χ1n) is 8.54. The van der Waals surface area contributed by atoms with Crippen molar-refractivity contribution < 1.29 is 9.53 Å². The van der Waals surface area contributed by atoms with Crippen molar-refractivity contribution in [3.8, 4) is 0 Å². The molecule has 1 fully saturated rings. The van der Waals surface area contributed by atoms with E-state index in [9.17, 15) is 4.79 Å². The van der Waals surface area contributed by atoms with E-state index in [1.807, 2.05) is 24.3 Å². The lowest BCUT2D eigenvalue weighted by atomic mass is 10.2. The van der Waals surface area contributed by atoms with Crippen molar-refractivity contribution in [1.29, 1.82) is 0 Å². The average Bonchev–Trinajstić information content (AvgIpc) is 2.97. The summed E-state index contributed by atoms with van der Waals surface area (Å²) >= 11 is 5.21. The molecule has 0 radical (unpaired) electrons. The molecular weight excluding hydrogens is 338 g/mol. The number of hydrogen-bond acceptors (Lipinski definition) is 5. The van der Waals surface area contributed by atoms with Crippen LogP contribution in [-0.2, 0) is 22.5 Å². The lowest BCUT2D eigenvalue weighted by molar-refractivity contribution is -0.116. The van der Waals surface area contributed by atoms with Crippen LogP contribution in [0.25, 0.3) is 0 Å². The Labute approximate surface area is 152 Å². The standard InChI is InChI=1S/C17H23N5O2S/c1-2-3-15-19-20-17(25)22(15)12-16(23)18-13-4-6-14(7-5-13)21-8-10-24-11-9-21/h4-7H,2-3,8-12H2,1H3,(H,18,23)(H,20,25). The number of aromatic nitrogens is 3. The Bertz CT molecular complexity index is 762. The fourth-order valence-electron chi connectivity index (χ4n) is 2.85. The number of aryl methyl sites for hydroxylation is 1. The van der Waals surface area contributed by atoms with Crippen LogP contribution in [0, 0.1) is 4.77 Å². The van der Waals surface area contributed by atoms with Gasteiger partial charge in [0.05, 0.1) is 13.2 Å². The number of rotatable bonds is 6. The molecule has 2 aromatic rings. The molecule has 1 amide bonds. The van der Waals surface area contributed by atoms with E-state index in [1.54, 1.807) is 4.57 Å². The fraction of sp³-hybridized carbons (Fsp3) is 0.471. The van der Waals surface area contributed by atoms with Gasteiger partial charge in [-0.3, -0.25) is 14.5 Å². The number of carbonyl (C=O) groups excluding carboxylic acids is 1. The van der Waals surface area contributed by atoms with E-state index < -0.39 is 0 Å². The van der Waals surface area contributed by atoms with Crippen LogP contribution < -0.4 is 10.2 Å². The summed E-state index contributed by atoms with van der Waals surface area (Å²) in [6, 6.07) is 7.88. The van der Waals surface area contributed by atoms with E-state index in [1.165, 1.54) is 0 Å². The van der Waals surface area contributed by atoms with Crippen LogP contribution in [0.5, 0.6) is 0 Å². The number of benzene rings is 1. The molecule has 1 aliphatic rings. The number of nitrogens with zero attached hydrogens (tertiary/aromatic N) is 3. The van der Waals surface area contributed by atoms with Crippen molar-refractivity contribution in [1.82, 2.24) is 14.8 Å². The van der Waals surface area contributed by atoms with Crippen LogP contribution >= 0.6 is 12.2 Å². The van der Waals surface area contributed by atoms with Gasteiger partial charge in [0.2, 0.25) is 5.91 Å². The molecule has 1 aromatic carbocycles. The predicted molar refractivity (Wildman–Crippen MR) is 99.5 cm³/mol.